The molecule has 2 aromatic heterocycles. The number of nitrogens with zero attached hydrogens (tertiary/aromatic N) is 3. The Balaban J connectivity index is 1.70. The van der Waals surface area contributed by atoms with Crippen LogP contribution >= 0.6 is 15.9 Å². The highest BCUT2D eigenvalue weighted by Crippen LogP contribution is 2.22. The molecule has 0 unspecified atom stereocenters. The molecule has 2 amide bonds. The van der Waals surface area contributed by atoms with Gasteiger partial charge < -0.3 is 10.6 Å². The SMILES string of the molecule is Cc1cc(NC(=O)CNC(=O)c2cnn(-c3ccccn3)c2C(C)C)ccc1Br. The van der Waals surface area contributed by atoms with Gasteiger partial charge in [-0.15, -0.1) is 0 Å². The number of amides is 2. The molecule has 3 rings (SSSR count). The lowest BCUT2D eigenvalue weighted by molar-refractivity contribution is -0.115. The number of hydrogen-bond donors (Lipinski definition) is 2. The van der Waals surface area contributed by atoms with Gasteiger partial charge in [0, 0.05) is 16.4 Å². The van der Waals surface area contributed by atoms with E-state index in [-0.39, 0.29) is 24.3 Å². The molecule has 3 aromatic rings. The third kappa shape index (κ3) is 4.89. The van der Waals surface area contributed by atoms with Crippen LogP contribution in [-0.2, 0) is 4.79 Å². The van der Waals surface area contributed by atoms with E-state index in [1.807, 2.05) is 51.1 Å². The highest BCUT2D eigenvalue weighted by Gasteiger charge is 2.21. The summed E-state index contributed by atoms with van der Waals surface area (Å²) in [4.78, 5) is 29.2. The molecular weight excluding hydrogens is 434 g/mol. The van der Waals surface area contributed by atoms with Gasteiger partial charge in [0.15, 0.2) is 5.82 Å². The zero-order valence-corrected chi connectivity index (χ0v) is 18.0. The Kier molecular flexibility index (Phi) is 6.43. The summed E-state index contributed by atoms with van der Waals surface area (Å²) in [5.41, 5.74) is 2.86. The molecular formula is C21H22BrN5O2. The van der Waals surface area contributed by atoms with Crippen LogP contribution < -0.4 is 10.6 Å². The Morgan fingerprint density at radius 2 is 2.00 bits per heavy atom. The maximum absolute atomic E-state index is 12.7. The van der Waals surface area contributed by atoms with Gasteiger partial charge >= 0.3 is 0 Å². The second kappa shape index (κ2) is 9.00. The van der Waals surface area contributed by atoms with Crippen molar-refractivity contribution >= 4 is 33.4 Å². The van der Waals surface area contributed by atoms with Crippen LogP contribution in [0.2, 0.25) is 0 Å². The average molecular weight is 456 g/mol. The summed E-state index contributed by atoms with van der Waals surface area (Å²) in [6, 6.07) is 11.0. The highest BCUT2D eigenvalue weighted by molar-refractivity contribution is 9.10. The zero-order chi connectivity index (χ0) is 21.0. The Bertz CT molecular complexity index is 1030. The maximum atomic E-state index is 12.7. The van der Waals surface area contributed by atoms with Crippen molar-refractivity contribution in [3.63, 3.8) is 0 Å². The summed E-state index contributed by atoms with van der Waals surface area (Å²) in [6.07, 6.45) is 3.18. The lowest BCUT2D eigenvalue weighted by Gasteiger charge is -2.12. The Labute approximate surface area is 177 Å². The molecule has 0 saturated heterocycles. The summed E-state index contributed by atoms with van der Waals surface area (Å²) in [5.74, 6) is 0.0275. The predicted octanol–water partition coefficient (Wildman–Crippen LogP) is 3.83. The molecule has 0 atom stereocenters. The Morgan fingerprint density at radius 1 is 1.21 bits per heavy atom. The van der Waals surface area contributed by atoms with Gasteiger partial charge in [0.05, 0.1) is 24.0 Å². The van der Waals surface area contributed by atoms with E-state index in [2.05, 4.69) is 36.6 Å². The summed E-state index contributed by atoms with van der Waals surface area (Å²) in [6.45, 7) is 5.76. The molecule has 150 valence electrons. The van der Waals surface area contributed by atoms with Crippen LogP contribution in [0.25, 0.3) is 5.82 Å². The number of benzene rings is 1. The lowest BCUT2D eigenvalue weighted by atomic mass is 10.1. The van der Waals surface area contributed by atoms with Crippen LogP contribution in [0.1, 0.15) is 41.4 Å². The van der Waals surface area contributed by atoms with Crippen molar-refractivity contribution < 1.29 is 9.59 Å². The van der Waals surface area contributed by atoms with Gasteiger partial charge in [0.1, 0.15) is 0 Å². The quantitative estimate of drug-likeness (QED) is 0.590. The topological polar surface area (TPSA) is 88.9 Å². The first-order chi connectivity index (χ1) is 13.9. The van der Waals surface area contributed by atoms with Gasteiger partial charge in [-0.2, -0.15) is 5.10 Å². The van der Waals surface area contributed by atoms with Crippen LogP contribution in [0.5, 0.6) is 0 Å². The molecule has 0 aliphatic heterocycles. The van der Waals surface area contributed by atoms with Crippen LogP contribution in [0.15, 0.2) is 53.3 Å². The van der Waals surface area contributed by atoms with E-state index in [4.69, 9.17) is 0 Å². The number of anilines is 1. The number of pyridine rings is 1. The molecule has 0 radical (unpaired) electrons. The minimum atomic E-state index is -0.349. The minimum Gasteiger partial charge on any atom is -0.343 e. The molecule has 0 fully saturated rings. The van der Waals surface area contributed by atoms with Gasteiger partial charge in [-0.3, -0.25) is 9.59 Å². The molecule has 0 aliphatic carbocycles. The van der Waals surface area contributed by atoms with Crippen LogP contribution in [0, 0.1) is 6.92 Å². The second-order valence-corrected chi connectivity index (χ2v) is 7.75. The standard InChI is InChI=1S/C21H22BrN5O2/c1-13(2)20-16(11-25-27(20)18-6-4-5-9-23-18)21(29)24-12-19(28)26-15-7-8-17(22)14(3)10-15/h4-11,13H,12H2,1-3H3,(H,24,29)(H,26,28). The monoisotopic (exact) mass is 455 g/mol. The molecule has 7 nitrogen and oxygen atoms in total. The summed E-state index contributed by atoms with van der Waals surface area (Å²) in [5, 5.41) is 9.78. The van der Waals surface area contributed by atoms with Crippen molar-refractivity contribution in [1.82, 2.24) is 20.1 Å². The highest BCUT2D eigenvalue weighted by atomic mass is 79.9. The summed E-state index contributed by atoms with van der Waals surface area (Å²) < 4.78 is 2.62. The van der Waals surface area contributed by atoms with Gasteiger partial charge in [-0.05, 0) is 48.7 Å². The van der Waals surface area contributed by atoms with Gasteiger partial charge in [-0.1, -0.05) is 35.8 Å². The zero-order valence-electron chi connectivity index (χ0n) is 16.4. The van der Waals surface area contributed by atoms with Crippen molar-refractivity contribution in [3.8, 4) is 5.82 Å². The third-order valence-corrected chi connectivity index (χ3v) is 5.21. The van der Waals surface area contributed by atoms with Crippen molar-refractivity contribution in [1.29, 1.82) is 0 Å². The van der Waals surface area contributed by atoms with E-state index in [1.165, 1.54) is 6.20 Å². The van der Waals surface area contributed by atoms with Crippen molar-refractivity contribution in [2.75, 3.05) is 11.9 Å². The first kappa shape index (κ1) is 20.7. The molecule has 2 N–H and O–H groups in total. The fourth-order valence-corrected chi connectivity index (χ4v) is 3.18. The molecule has 29 heavy (non-hydrogen) atoms. The van der Waals surface area contributed by atoms with E-state index in [0.717, 1.165) is 15.7 Å². The summed E-state index contributed by atoms with van der Waals surface area (Å²) in [7, 11) is 0. The van der Waals surface area contributed by atoms with Crippen molar-refractivity contribution in [3.05, 3.63) is 70.1 Å². The van der Waals surface area contributed by atoms with Crippen LogP contribution in [0.3, 0.4) is 0 Å². The molecule has 8 heteroatoms. The number of carbonyl (C=O) groups is 2. The number of carbonyl (C=O) groups excluding carboxylic acids is 2. The number of aryl methyl sites for hydroxylation is 1. The van der Waals surface area contributed by atoms with E-state index < -0.39 is 0 Å². The van der Waals surface area contributed by atoms with Crippen LogP contribution in [0.4, 0.5) is 5.69 Å². The Hall–Kier alpha value is -3.00. The first-order valence-electron chi connectivity index (χ1n) is 9.20. The smallest absolute Gasteiger partial charge is 0.255 e. The summed E-state index contributed by atoms with van der Waals surface area (Å²) >= 11 is 3.43. The largest absolute Gasteiger partial charge is 0.343 e. The number of hydrogen-bond acceptors (Lipinski definition) is 4. The normalized spacial score (nSPS) is 10.8. The lowest BCUT2D eigenvalue weighted by Crippen LogP contribution is -2.33. The van der Waals surface area contributed by atoms with E-state index >= 15 is 0 Å². The van der Waals surface area contributed by atoms with Gasteiger partial charge in [0.2, 0.25) is 5.91 Å². The third-order valence-electron chi connectivity index (χ3n) is 4.32. The van der Waals surface area contributed by atoms with Gasteiger partial charge in [-0.25, -0.2) is 9.67 Å². The van der Waals surface area contributed by atoms with Crippen molar-refractivity contribution in [2.45, 2.75) is 26.7 Å². The molecule has 0 saturated carbocycles. The van der Waals surface area contributed by atoms with E-state index in [9.17, 15) is 9.59 Å². The number of aromatic nitrogens is 3. The number of rotatable bonds is 6. The first-order valence-corrected chi connectivity index (χ1v) is 9.99. The average Bonchev–Trinajstić information content (AvgIpc) is 3.15. The fraction of sp³-hybridized carbons (Fsp3) is 0.238. The molecule has 2 heterocycles. The minimum absolute atomic E-state index is 0.0415. The molecule has 1 aromatic carbocycles. The van der Waals surface area contributed by atoms with Crippen molar-refractivity contribution in [2.24, 2.45) is 0 Å². The maximum Gasteiger partial charge on any atom is 0.255 e. The second-order valence-electron chi connectivity index (χ2n) is 6.89. The van der Waals surface area contributed by atoms with E-state index in [1.54, 1.807) is 16.9 Å². The predicted molar refractivity (Wildman–Crippen MR) is 115 cm³/mol. The van der Waals surface area contributed by atoms with Crippen LogP contribution in [-0.4, -0.2) is 33.1 Å². The van der Waals surface area contributed by atoms with E-state index in [0.29, 0.717) is 17.1 Å². The molecule has 0 spiro atoms. The fourth-order valence-electron chi connectivity index (χ4n) is 2.93. The Morgan fingerprint density at radius 3 is 2.66 bits per heavy atom. The van der Waals surface area contributed by atoms with Gasteiger partial charge in [0.25, 0.3) is 5.91 Å². The molecule has 0 aliphatic rings. The molecule has 0 bridgehead atoms. The number of nitrogens with one attached hydrogen (secondary N) is 2. The number of halogens is 1.